The maximum absolute atomic E-state index is 12.8. The van der Waals surface area contributed by atoms with Gasteiger partial charge in [-0.1, -0.05) is 17.7 Å². The van der Waals surface area contributed by atoms with Crippen LogP contribution in [0.2, 0.25) is 5.02 Å². The van der Waals surface area contributed by atoms with E-state index in [1.54, 1.807) is 36.7 Å². The molecule has 1 fully saturated rings. The highest BCUT2D eigenvalue weighted by Gasteiger charge is 2.25. The van der Waals surface area contributed by atoms with Crippen molar-refractivity contribution < 1.29 is 14.3 Å². The van der Waals surface area contributed by atoms with Crippen molar-refractivity contribution in [3.8, 4) is 5.75 Å². The Kier molecular flexibility index (Phi) is 4.44. The Labute approximate surface area is 177 Å². The first-order valence-corrected chi connectivity index (χ1v) is 10.0. The number of primary amides is 1. The number of nitrogens with one attached hydrogen (secondary N) is 1. The van der Waals surface area contributed by atoms with Crippen molar-refractivity contribution in [2.45, 2.75) is 18.8 Å². The van der Waals surface area contributed by atoms with Crippen LogP contribution in [0.15, 0.2) is 48.8 Å². The van der Waals surface area contributed by atoms with Crippen molar-refractivity contribution in [2.75, 3.05) is 6.61 Å². The summed E-state index contributed by atoms with van der Waals surface area (Å²) in [5.74, 6) is -0.0491. The molecule has 1 aliphatic rings. The highest BCUT2D eigenvalue weighted by Crippen LogP contribution is 2.39. The Morgan fingerprint density at radius 3 is 2.73 bits per heavy atom. The van der Waals surface area contributed by atoms with Gasteiger partial charge in [0.1, 0.15) is 5.75 Å². The Morgan fingerprint density at radius 2 is 1.97 bits per heavy atom. The van der Waals surface area contributed by atoms with Gasteiger partial charge in [-0.05, 0) is 53.9 Å². The predicted octanol–water partition coefficient (Wildman–Crippen LogP) is 4.61. The minimum absolute atomic E-state index is 0.201. The van der Waals surface area contributed by atoms with Crippen LogP contribution >= 0.6 is 11.6 Å². The normalized spacial score (nSPS) is 13.6. The van der Waals surface area contributed by atoms with E-state index in [4.69, 9.17) is 22.1 Å². The smallest absolute Gasteiger partial charge is 0.252 e. The molecule has 150 valence electrons. The van der Waals surface area contributed by atoms with Crippen LogP contribution in [0.1, 0.15) is 45.2 Å². The van der Waals surface area contributed by atoms with Crippen LogP contribution in [0.25, 0.3) is 21.7 Å². The number of carbonyl (C=O) groups is 2. The second kappa shape index (κ2) is 7.15. The summed E-state index contributed by atoms with van der Waals surface area (Å²) in [6, 6.07) is 10.6. The Bertz CT molecular complexity index is 1320. The van der Waals surface area contributed by atoms with Crippen LogP contribution in [0, 0.1) is 0 Å². The lowest BCUT2D eigenvalue weighted by atomic mass is 10.1. The number of ketones is 1. The van der Waals surface area contributed by atoms with Gasteiger partial charge in [0.05, 0.1) is 5.56 Å². The summed E-state index contributed by atoms with van der Waals surface area (Å²) in [5.41, 5.74) is 8.16. The Hall–Kier alpha value is -3.38. The molecule has 0 atom stereocenters. The molecule has 2 aromatic heterocycles. The first kappa shape index (κ1) is 18.6. The van der Waals surface area contributed by atoms with Crippen LogP contribution in [-0.2, 0) is 0 Å². The highest BCUT2D eigenvalue weighted by atomic mass is 35.5. The van der Waals surface area contributed by atoms with Gasteiger partial charge in [0.15, 0.2) is 6.61 Å². The molecule has 0 radical (unpaired) electrons. The summed E-state index contributed by atoms with van der Waals surface area (Å²) in [7, 11) is 0. The molecular formula is C23H18ClN3O3. The molecule has 2 heterocycles. The molecule has 5 rings (SSSR count). The van der Waals surface area contributed by atoms with Gasteiger partial charge in [-0.25, -0.2) is 0 Å². The fourth-order valence-electron chi connectivity index (χ4n) is 3.65. The van der Waals surface area contributed by atoms with Crippen LogP contribution < -0.4 is 10.5 Å². The molecular weight excluding hydrogens is 402 g/mol. The molecule has 3 N–H and O–H groups in total. The number of rotatable bonds is 6. The van der Waals surface area contributed by atoms with Gasteiger partial charge < -0.3 is 15.5 Å². The fraction of sp³-hybridized carbons (Fsp3) is 0.174. The molecule has 0 aliphatic heterocycles. The molecule has 0 bridgehead atoms. The van der Waals surface area contributed by atoms with Crippen molar-refractivity contribution in [3.05, 3.63) is 70.6 Å². The van der Waals surface area contributed by atoms with Crippen molar-refractivity contribution in [2.24, 2.45) is 5.73 Å². The summed E-state index contributed by atoms with van der Waals surface area (Å²) in [5, 5.41) is 2.91. The summed E-state index contributed by atoms with van der Waals surface area (Å²) in [6.45, 7) is -0.225. The van der Waals surface area contributed by atoms with E-state index in [1.165, 1.54) is 12.8 Å². The van der Waals surface area contributed by atoms with Gasteiger partial charge in [0.25, 0.3) is 5.91 Å². The number of nitrogens with zero attached hydrogens (tertiary/aromatic N) is 1. The van der Waals surface area contributed by atoms with E-state index in [-0.39, 0.29) is 23.7 Å². The topological polar surface area (TPSA) is 98.1 Å². The second-order valence-corrected chi connectivity index (χ2v) is 7.98. The van der Waals surface area contributed by atoms with Crippen molar-refractivity contribution in [3.63, 3.8) is 0 Å². The first-order chi connectivity index (χ1) is 14.5. The number of nitrogens with two attached hydrogens (primary N) is 1. The van der Waals surface area contributed by atoms with Crippen LogP contribution in [0.4, 0.5) is 0 Å². The molecule has 1 aliphatic carbocycles. The van der Waals surface area contributed by atoms with Gasteiger partial charge in [0, 0.05) is 45.5 Å². The maximum atomic E-state index is 12.8. The SMILES string of the molecule is NC(=O)c1cc2cc(Cl)ccc2cc1OCC(=O)c1c[nH]c2cc(C3CC3)ncc12. The summed E-state index contributed by atoms with van der Waals surface area (Å²) >= 11 is 6.03. The van der Waals surface area contributed by atoms with E-state index in [9.17, 15) is 9.59 Å². The number of benzene rings is 2. The van der Waals surface area contributed by atoms with Gasteiger partial charge >= 0.3 is 0 Å². The van der Waals surface area contributed by atoms with Crippen LogP contribution in [-0.4, -0.2) is 28.3 Å². The lowest BCUT2D eigenvalue weighted by Gasteiger charge is -2.11. The lowest BCUT2D eigenvalue weighted by Crippen LogP contribution is -2.16. The zero-order valence-electron chi connectivity index (χ0n) is 15.9. The van der Waals surface area contributed by atoms with Crippen LogP contribution in [0.3, 0.4) is 0 Å². The van der Waals surface area contributed by atoms with Gasteiger partial charge in [-0.2, -0.15) is 0 Å². The van der Waals surface area contributed by atoms with E-state index in [1.807, 2.05) is 12.1 Å². The molecule has 1 amide bonds. The van der Waals surface area contributed by atoms with E-state index < -0.39 is 5.91 Å². The number of Topliss-reactive ketones (excluding diaryl/α,β-unsaturated/α-hetero) is 1. The zero-order valence-corrected chi connectivity index (χ0v) is 16.7. The number of amides is 1. The lowest BCUT2D eigenvalue weighted by molar-refractivity contribution is 0.0914. The Morgan fingerprint density at radius 1 is 1.13 bits per heavy atom. The molecule has 2 aromatic carbocycles. The van der Waals surface area contributed by atoms with Crippen molar-refractivity contribution in [1.82, 2.24) is 9.97 Å². The molecule has 0 saturated heterocycles. The molecule has 0 spiro atoms. The van der Waals surface area contributed by atoms with E-state index in [2.05, 4.69) is 9.97 Å². The number of aromatic nitrogens is 2. The van der Waals surface area contributed by atoms with E-state index in [0.717, 1.165) is 27.4 Å². The summed E-state index contributed by atoms with van der Waals surface area (Å²) in [4.78, 5) is 32.4. The van der Waals surface area contributed by atoms with E-state index >= 15 is 0 Å². The minimum atomic E-state index is -0.636. The first-order valence-electron chi connectivity index (χ1n) is 9.66. The van der Waals surface area contributed by atoms with Gasteiger partial charge in [-0.15, -0.1) is 0 Å². The third kappa shape index (κ3) is 3.39. The number of hydrogen-bond donors (Lipinski definition) is 2. The van der Waals surface area contributed by atoms with Gasteiger partial charge in [0.2, 0.25) is 5.78 Å². The zero-order chi connectivity index (χ0) is 20.8. The molecule has 1 saturated carbocycles. The minimum Gasteiger partial charge on any atom is -0.485 e. The number of ether oxygens (including phenoxy) is 1. The number of H-pyrrole nitrogens is 1. The number of pyridine rings is 1. The number of hydrogen-bond acceptors (Lipinski definition) is 4. The number of carbonyl (C=O) groups excluding carboxylic acids is 2. The highest BCUT2D eigenvalue weighted by molar-refractivity contribution is 6.31. The monoisotopic (exact) mass is 419 g/mol. The van der Waals surface area contributed by atoms with Crippen molar-refractivity contribution in [1.29, 1.82) is 0 Å². The quantitative estimate of drug-likeness (QED) is 0.446. The summed E-state index contributed by atoms with van der Waals surface area (Å²) < 4.78 is 5.73. The second-order valence-electron chi connectivity index (χ2n) is 7.55. The van der Waals surface area contributed by atoms with Crippen molar-refractivity contribution >= 4 is 45.0 Å². The number of aromatic amines is 1. The number of fused-ring (bicyclic) bond motifs is 2. The van der Waals surface area contributed by atoms with Gasteiger partial charge in [-0.3, -0.25) is 14.6 Å². The average Bonchev–Trinajstić information content (AvgIpc) is 3.50. The van der Waals surface area contributed by atoms with Crippen LogP contribution in [0.5, 0.6) is 5.75 Å². The van der Waals surface area contributed by atoms with E-state index in [0.29, 0.717) is 16.5 Å². The molecule has 30 heavy (non-hydrogen) atoms. The largest absolute Gasteiger partial charge is 0.485 e. The molecule has 6 nitrogen and oxygen atoms in total. The maximum Gasteiger partial charge on any atom is 0.252 e. The molecule has 4 aromatic rings. The third-order valence-corrected chi connectivity index (χ3v) is 5.64. The third-order valence-electron chi connectivity index (χ3n) is 5.41. The molecule has 7 heteroatoms. The summed E-state index contributed by atoms with van der Waals surface area (Å²) in [6.07, 6.45) is 5.74. The number of halogens is 1. The Balaban J connectivity index is 1.41. The fourth-order valence-corrected chi connectivity index (χ4v) is 3.83. The molecule has 0 unspecified atom stereocenters. The predicted molar refractivity (Wildman–Crippen MR) is 115 cm³/mol. The standard InChI is InChI=1S/C23H18ClN3O3/c24-15-4-3-13-7-22(16(23(25)29)6-14(13)5-15)30-11-21(28)18-10-27-20-8-19(12-1-2-12)26-9-17(18)20/h3-10,12,27H,1-2,11H2,(H2,25,29). The average molecular weight is 420 g/mol.